The van der Waals surface area contributed by atoms with Gasteiger partial charge in [-0.1, -0.05) is 18.8 Å². The molecule has 0 aromatic carbocycles. The van der Waals surface area contributed by atoms with Crippen LogP contribution >= 0.6 is 24.0 Å². The molecule has 0 unspecified atom stereocenters. The smallest absolute Gasteiger partial charge is 0.192 e. The zero-order valence-corrected chi connectivity index (χ0v) is 14.9. The van der Waals surface area contributed by atoms with E-state index >= 15 is 0 Å². The van der Waals surface area contributed by atoms with E-state index in [2.05, 4.69) is 31.7 Å². The molecule has 1 saturated carbocycles. The van der Waals surface area contributed by atoms with Crippen molar-refractivity contribution in [2.24, 2.45) is 12.0 Å². The van der Waals surface area contributed by atoms with Crippen LogP contribution in [0, 0.1) is 19.3 Å². The molecular formula is C14H23IN6. The van der Waals surface area contributed by atoms with Crippen LogP contribution in [-0.2, 0) is 13.6 Å². The highest BCUT2D eigenvalue weighted by atomic mass is 127. The number of aliphatic imine (C=N–C) groups is 1. The number of rotatable bonds is 4. The van der Waals surface area contributed by atoms with Gasteiger partial charge in [0.25, 0.3) is 0 Å². The zero-order chi connectivity index (χ0) is 14.4. The molecule has 1 aliphatic rings. The second-order valence-electron chi connectivity index (χ2n) is 5.07. The number of nitrogens with zero attached hydrogens (tertiary/aromatic N) is 4. The molecule has 0 saturated heterocycles. The van der Waals surface area contributed by atoms with Crippen molar-refractivity contribution in [3.8, 4) is 12.3 Å². The maximum atomic E-state index is 5.30. The standard InChI is InChI=1S/C14H22N6.HI/c1-4-9-15-14(17-12-7-5-6-8-12)16-10-13-19-18-11(2)20(13)3;/h1,12H,5-10H2,2-3H3,(H2,15,16,17);1H. The van der Waals surface area contributed by atoms with Gasteiger partial charge in [-0.3, -0.25) is 0 Å². The number of aryl methyl sites for hydroxylation is 1. The molecule has 1 aliphatic carbocycles. The normalized spacial score (nSPS) is 15.4. The Morgan fingerprint density at radius 1 is 1.43 bits per heavy atom. The molecule has 1 heterocycles. The molecule has 0 aliphatic heterocycles. The monoisotopic (exact) mass is 402 g/mol. The van der Waals surface area contributed by atoms with Crippen LogP contribution < -0.4 is 10.6 Å². The maximum Gasteiger partial charge on any atom is 0.192 e. The van der Waals surface area contributed by atoms with Crippen molar-refractivity contribution in [2.45, 2.75) is 45.2 Å². The van der Waals surface area contributed by atoms with Gasteiger partial charge >= 0.3 is 0 Å². The molecule has 116 valence electrons. The van der Waals surface area contributed by atoms with Crippen LogP contribution in [0.1, 0.15) is 37.3 Å². The summed E-state index contributed by atoms with van der Waals surface area (Å²) in [6.45, 7) is 2.88. The lowest BCUT2D eigenvalue weighted by Crippen LogP contribution is -2.42. The van der Waals surface area contributed by atoms with Gasteiger partial charge in [0.1, 0.15) is 12.4 Å². The number of hydrogen-bond donors (Lipinski definition) is 2. The Morgan fingerprint density at radius 3 is 2.71 bits per heavy atom. The summed E-state index contributed by atoms with van der Waals surface area (Å²) in [5, 5.41) is 14.7. The third-order valence-corrected chi connectivity index (χ3v) is 3.62. The van der Waals surface area contributed by atoms with Crippen molar-refractivity contribution in [3.05, 3.63) is 11.6 Å². The largest absolute Gasteiger partial charge is 0.354 e. The molecule has 1 aromatic heterocycles. The van der Waals surface area contributed by atoms with Gasteiger partial charge < -0.3 is 15.2 Å². The number of hydrogen-bond acceptors (Lipinski definition) is 3. The highest BCUT2D eigenvalue weighted by Crippen LogP contribution is 2.17. The summed E-state index contributed by atoms with van der Waals surface area (Å²) in [4.78, 5) is 4.54. The average molecular weight is 402 g/mol. The predicted octanol–water partition coefficient (Wildman–Crippen LogP) is 1.35. The van der Waals surface area contributed by atoms with E-state index in [0.717, 1.165) is 17.6 Å². The molecule has 0 amide bonds. The highest BCUT2D eigenvalue weighted by Gasteiger charge is 2.16. The second kappa shape index (κ2) is 8.87. The first-order valence-electron chi connectivity index (χ1n) is 7.04. The lowest BCUT2D eigenvalue weighted by Gasteiger charge is -2.16. The average Bonchev–Trinajstić information content (AvgIpc) is 3.06. The summed E-state index contributed by atoms with van der Waals surface area (Å²) >= 11 is 0. The summed E-state index contributed by atoms with van der Waals surface area (Å²) in [6, 6.07) is 0.500. The van der Waals surface area contributed by atoms with E-state index in [0.29, 0.717) is 19.1 Å². The lowest BCUT2D eigenvalue weighted by atomic mass is 10.2. The van der Waals surface area contributed by atoms with Crippen molar-refractivity contribution in [1.29, 1.82) is 0 Å². The summed E-state index contributed by atoms with van der Waals surface area (Å²) in [7, 11) is 1.94. The first-order chi connectivity index (χ1) is 9.70. The van der Waals surface area contributed by atoms with Crippen molar-refractivity contribution < 1.29 is 0 Å². The van der Waals surface area contributed by atoms with Crippen LogP contribution in [0.4, 0.5) is 0 Å². The van der Waals surface area contributed by atoms with Crippen LogP contribution in [0.3, 0.4) is 0 Å². The molecule has 6 nitrogen and oxygen atoms in total. The fraction of sp³-hybridized carbons (Fsp3) is 0.643. The molecule has 0 radical (unpaired) electrons. The quantitative estimate of drug-likeness (QED) is 0.346. The Balaban J connectivity index is 0.00000220. The van der Waals surface area contributed by atoms with Crippen LogP contribution in [0.5, 0.6) is 0 Å². The van der Waals surface area contributed by atoms with E-state index in [1.807, 2.05) is 18.5 Å². The number of nitrogens with one attached hydrogen (secondary N) is 2. The SMILES string of the molecule is C#CCNC(=NCc1nnc(C)n1C)NC1CCCC1.I. The van der Waals surface area contributed by atoms with Gasteiger partial charge in [-0.25, -0.2) is 4.99 Å². The molecule has 2 rings (SSSR count). The van der Waals surface area contributed by atoms with E-state index in [-0.39, 0.29) is 24.0 Å². The molecular weight excluding hydrogens is 379 g/mol. The minimum Gasteiger partial charge on any atom is -0.354 e. The number of terminal acetylenes is 1. The molecule has 21 heavy (non-hydrogen) atoms. The topological polar surface area (TPSA) is 67.1 Å². The van der Waals surface area contributed by atoms with Crippen LogP contribution in [0.15, 0.2) is 4.99 Å². The Labute approximate surface area is 143 Å². The van der Waals surface area contributed by atoms with Gasteiger partial charge in [0.15, 0.2) is 11.8 Å². The van der Waals surface area contributed by atoms with E-state index in [1.54, 1.807) is 0 Å². The van der Waals surface area contributed by atoms with Crippen LogP contribution in [0.25, 0.3) is 0 Å². The highest BCUT2D eigenvalue weighted by molar-refractivity contribution is 14.0. The number of aromatic nitrogens is 3. The summed E-state index contributed by atoms with van der Waals surface area (Å²) in [5.74, 6) is 5.06. The van der Waals surface area contributed by atoms with Gasteiger partial charge in [-0.05, 0) is 19.8 Å². The summed E-state index contributed by atoms with van der Waals surface area (Å²) in [6.07, 6.45) is 10.2. The van der Waals surface area contributed by atoms with Crippen molar-refractivity contribution >= 4 is 29.9 Å². The fourth-order valence-corrected chi connectivity index (χ4v) is 2.29. The molecule has 0 spiro atoms. The molecule has 2 N–H and O–H groups in total. The van der Waals surface area contributed by atoms with Gasteiger partial charge in [-0.15, -0.1) is 40.6 Å². The maximum absolute atomic E-state index is 5.30. The predicted molar refractivity (Wildman–Crippen MR) is 94.5 cm³/mol. The van der Waals surface area contributed by atoms with Crippen molar-refractivity contribution in [1.82, 2.24) is 25.4 Å². The van der Waals surface area contributed by atoms with Crippen LogP contribution in [-0.4, -0.2) is 33.3 Å². The van der Waals surface area contributed by atoms with Crippen LogP contribution in [0.2, 0.25) is 0 Å². The van der Waals surface area contributed by atoms with E-state index in [4.69, 9.17) is 6.42 Å². The molecule has 1 aromatic rings. The zero-order valence-electron chi connectivity index (χ0n) is 12.6. The van der Waals surface area contributed by atoms with Crippen molar-refractivity contribution in [3.63, 3.8) is 0 Å². The summed E-state index contributed by atoms with van der Waals surface area (Å²) < 4.78 is 1.94. The van der Waals surface area contributed by atoms with E-state index in [1.165, 1.54) is 25.7 Å². The van der Waals surface area contributed by atoms with Gasteiger partial charge in [-0.2, -0.15) is 0 Å². The minimum atomic E-state index is 0. The minimum absolute atomic E-state index is 0. The van der Waals surface area contributed by atoms with E-state index < -0.39 is 0 Å². The fourth-order valence-electron chi connectivity index (χ4n) is 2.29. The second-order valence-corrected chi connectivity index (χ2v) is 5.07. The third kappa shape index (κ3) is 5.19. The number of halogens is 1. The Kier molecular flexibility index (Phi) is 7.50. The first-order valence-corrected chi connectivity index (χ1v) is 7.04. The molecule has 7 heteroatoms. The molecule has 0 atom stereocenters. The lowest BCUT2D eigenvalue weighted by molar-refractivity contribution is 0.614. The third-order valence-electron chi connectivity index (χ3n) is 3.62. The molecule has 1 fully saturated rings. The Bertz CT molecular complexity index is 510. The number of guanidine groups is 1. The van der Waals surface area contributed by atoms with Crippen molar-refractivity contribution in [2.75, 3.05) is 6.54 Å². The van der Waals surface area contributed by atoms with Gasteiger partial charge in [0.05, 0.1) is 6.54 Å². The Hall–Kier alpha value is -1.30. The summed E-state index contributed by atoms with van der Waals surface area (Å²) in [5.41, 5.74) is 0. The molecule has 0 bridgehead atoms. The van der Waals surface area contributed by atoms with E-state index in [9.17, 15) is 0 Å². The Morgan fingerprint density at radius 2 is 2.14 bits per heavy atom. The first kappa shape index (κ1) is 17.8. The van der Waals surface area contributed by atoms with Gasteiger partial charge in [0, 0.05) is 13.1 Å². The van der Waals surface area contributed by atoms with Gasteiger partial charge in [0.2, 0.25) is 0 Å².